The monoisotopic (exact) mass is 349 g/mol. The van der Waals surface area contributed by atoms with Crippen molar-refractivity contribution in [2.75, 3.05) is 19.0 Å². The van der Waals surface area contributed by atoms with E-state index in [1.165, 1.54) is 0 Å². The van der Waals surface area contributed by atoms with E-state index in [2.05, 4.69) is 51.7 Å². The summed E-state index contributed by atoms with van der Waals surface area (Å²) in [6.07, 6.45) is 0.895. The zero-order valence-corrected chi connectivity index (χ0v) is 13.3. The predicted octanol–water partition coefficient (Wildman–Crippen LogP) is 2.96. The van der Waals surface area contributed by atoms with Gasteiger partial charge < -0.3 is 10.1 Å². The lowest BCUT2D eigenvalue weighted by molar-refractivity contribution is 0.0114. The van der Waals surface area contributed by atoms with Crippen LogP contribution in [0.1, 0.15) is 39.2 Å². The van der Waals surface area contributed by atoms with Crippen molar-refractivity contribution in [1.29, 1.82) is 0 Å². The van der Waals surface area contributed by atoms with Crippen molar-refractivity contribution < 1.29 is 4.74 Å². The maximum atomic E-state index is 5.44. The van der Waals surface area contributed by atoms with Gasteiger partial charge in [-0.25, -0.2) is 9.97 Å². The first-order valence-electron chi connectivity index (χ1n) is 5.82. The van der Waals surface area contributed by atoms with E-state index in [1.54, 1.807) is 7.11 Å². The summed E-state index contributed by atoms with van der Waals surface area (Å²) in [7, 11) is 1.68. The second-order valence-corrected chi connectivity index (χ2v) is 5.33. The van der Waals surface area contributed by atoms with Gasteiger partial charge >= 0.3 is 0 Å². The third-order valence-corrected chi connectivity index (χ3v) is 3.78. The van der Waals surface area contributed by atoms with Crippen LogP contribution in [0.2, 0.25) is 0 Å². The first-order valence-corrected chi connectivity index (χ1v) is 6.90. The molecule has 0 atom stereocenters. The molecule has 0 unspecified atom stereocenters. The Morgan fingerprint density at radius 1 is 1.29 bits per heavy atom. The average Bonchev–Trinajstić information content (AvgIpc) is 2.31. The zero-order chi connectivity index (χ0) is 13.1. The summed E-state index contributed by atoms with van der Waals surface area (Å²) in [5.41, 5.74) is 0.606. The van der Waals surface area contributed by atoms with Gasteiger partial charge in [0.25, 0.3) is 0 Å². The largest absolute Gasteiger partial charge is 0.371 e. The fraction of sp³-hybridized carbons (Fsp3) is 0.667. The summed E-state index contributed by atoms with van der Waals surface area (Å²) in [6.45, 7) is 8.96. The van der Waals surface area contributed by atoms with Crippen LogP contribution in [0.3, 0.4) is 0 Å². The van der Waals surface area contributed by atoms with E-state index >= 15 is 0 Å². The predicted molar refractivity (Wildman–Crippen MR) is 78.3 cm³/mol. The van der Waals surface area contributed by atoms with Crippen molar-refractivity contribution in [2.45, 2.75) is 39.7 Å². The average molecular weight is 349 g/mol. The van der Waals surface area contributed by atoms with Gasteiger partial charge in [-0.15, -0.1) is 0 Å². The first kappa shape index (κ1) is 14.6. The number of anilines is 1. The number of methoxy groups -OCH3 is 1. The van der Waals surface area contributed by atoms with E-state index in [4.69, 9.17) is 4.74 Å². The Labute approximate surface area is 117 Å². The summed E-state index contributed by atoms with van der Waals surface area (Å²) in [6, 6.07) is 0. The van der Waals surface area contributed by atoms with E-state index in [1.807, 2.05) is 13.8 Å². The number of halogens is 1. The number of aromatic nitrogens is 2. The zero-order valence-electron chi connectivity index (χ0n) is 11.1. The van der Waals surface area contributed by atoms with E-state index in [0.717, 1.165) is 33.9 Å². The molecule has 0 aliphatic carbocycles. The summed E-state index contributed by atoms with van der Waals surface area (Å²) in [5.74, 6) is 1.63. The molecule has 0 saturated heterocycles. The Bertz CT molecular complexity index is 394. The van der Waals surface area contributed by atoms with Crippen LogP contribution in [0, 0.1) is 3.57 Å². The standard InChI is InChI=1S/C12H20IN3O/c1-6-8-9(13)10(14-7-2)16-11(15-8)12(3,4)17-5/h6-7H2,1-5H3,(H,14,15,16). The molecule has 0 radical (unpaired) electrons. The van der Waals surface area contributed by atoms with Crippen LogP contribution >= 0.6 is 22.6 Å². The molecule has 0 bridgehead atoms. The van der Waals surface area contributed by atoms with Crippen LogP contribution < -0.4 is 5.32 Å². The molecule has 1 rings (SSSR count). The topological polar surface area (TPSA) is 47.0 Å². The lowest BCUT2D eigenvalue weighted by atomic mass is 10.1. The maximum absolute atomic E-state index is 5.44. The molecular weight excluding hydrogens is 329 g/mol. The Balaban J connectivity index is 3.29. The number of nitrogens with zero attached hydrogens (tertiary/aromatic N) is 2. The number of rotatable bonds is 5. The summed E-state index contributed by atoms with van der Waals surface area (Å²) >= 11 is 2.29. The van der Waals surface area contributed by atoms with E-state index < -0.39 is 5.60 Å². The highest BCUT2D eigenvalue weighted by Gasteiger charge is 2.25. The SMILES string of the molecule is CCNc1nc(C(C)(C)OC)nc(CC)c1I. The molecular formula is C12H20IN3O. The molecule has 0 amide bonds. The molecule has 0 aliphatic heterocycles. The molecule has 1 heterocycles. The molecule has 5 heteroatoms. The van der Waals surface area contributed by atoms with Crippen LogP contribution in [0.15, 0.2) is 0 Å². The molecule has 1 N–H and O–H groups in total. The minimum Gasteiger partial charge on any atom is -0.371 e. The maximum Gasteiger partial charge on any atom is 0.162 e. The summed E-state index contributed by atoms with van der Waals surface area (Å²) in [5, 5.41) is 3.27. The molecule has 0 fully saturated rings. The van der Waals surface area contributed by atoms with E-state index in [0.29, 0.717) is 0 Å². The highest BCUT2D eigenvalue weighted by atomic mass is 127. The summed E-state index contributed by atoms with van der Waals surface area (Å²) in [4.78, 5) is 9.15. The molecule has 96 valence electrons. The van der Waals surface area contributed by atoms with E-state index in [9.17, 15) is 0 Å². The Kier molecular flexibility index (Phi) is 5.12. The van der Waals surface area contributed by atoms with E-state index in [-0.39, 0.29) is 0 Å². The smallest absolute Gasteiger partial charge is 0.162 e. The van der Waals surface area contributed by atoms with Crippen LogP contribution in [0.25, 0.3) is 0 Å². The second kappa shape index (κ2) is 5.95. The van der Waals surface area contributed by atoms with Crippen molar-refractivity contribution in [3.05, 3.63) is 15.1 Å². The highest BCUT2D eigenvalue weighted by Crippen LogP contribution is 2.26. The molecule has 0 aliphatic rings. The Morgan fingerprint density at radius 3 is 2.41 bits per heavy atom. The molecule has 17 heavy (non-hydrogen) atoms. The van der Waals surface area contributed by atoms with Crippen molar-refractivity contribution in [3.8, 4) is 0 Å². The Morgan fingerprint density at radius 2 is 1.94 bits per heavy atom. The number of hydrogen-bond donors (Lipinski definition) is 1. The van der Waals surface area contributed by atoms with Gasteiger partial charge in [-0.1, -0.05) is 6.92 Å². The number of aryl methyl sites for hydroxylation is 1. The fourth-order valence-electron chi connectivity index (χ4n) is 1.37. The third-order valence-electron chi connectivity index (χ3n) is 2.65. The molecule has 0 spiro atoms. The van der Waals surface area contributed by atoms with Gasteiger partial charge in [0.05, 0.1) is 9.26 Å². The third kappa shape index (κ3) is 3.28. The van der Waals surface area contributed by atoms with Crippen molar-refractivity contribution in [3.63, 3.8) is 0 Å². The lowest BCUT2D eigenvalue weighted by Gasteiger charge is -2.23. The van der Waals surface area contributed by atoms with Crippen LogP contribution in [0.4, 0.5) is 5.82 Å². The van der Waals surface area contributed by atoms with Crippen molar-refractivity contribution in [2.24, 2.45) is 0 Å². The summed E-state index contributed by atoms with van der Waals surface area (Å²) < 4.78 is 6.54. The molecule has 0 aromatic carbocycles. The van der Waals surface area contributed by atoms with Crippen molar-refractivity contribution in [1.82, 2.24) is 9.97 Å². The molecule has 1 aromatic heterocycles. The fourth-order valence-corrected chi connectivity index (χ4v) is 2.19. The van der Waals surface area contributed by atoms with Gasteiger partial charge in [-0.2, -0.15) is 0 Å². The van der Waals surface area contributed by atoms with Gasteiger partial charge in [0.1, 0.15) is 11.4 Å². The molecule has 1 aromatic rings. The van der Waals surface area contributed by atoms with Gasteiger partial charge in [0.15, 0.2) is 5.82 Å². The van der Waals surface area contributed by atoms with Crippen LogP contribution in [-0.4, -0.2) is 23.6 Å². The Hall–Kier alpha value is -0.430. The second-order valence-electron chi connectivity index (χ2n) is 4.25. The molecule has 4 nitrogen and oxygen atoms in total. The minimum absolute atomic E-state index is 0.460. The van der Waals surface area contributed by atoms with Gasteiger partial charge in [0, 0.05) is 13.7 Å². The number of ether oxygens (including phenoxy) is 1. The van der Waals surface area contributed by atoms with Crippen molar-refractivity contribution >= 4 is 28.4 Å². The highest BCUT2D eigenvalue weighted by molar-refractivity contribution is 14.1. The van der Waals surface area contributed by atoms with Crippen LogP contribution in [0.5, 0.6) is 0 Å². The minimum atomic E-state index is -0.460. The quantitative estimate of drug-likeness (QED) is 0.831. The number of nitrogens with one attached hydrogen (secondary N) is 1. The first-order chi connectivity index (χ1) is 7.96. The normalized spacial score (nSPS) is 11.6. The lowest BCUT2D eigenvalue weighted by Crippen LogP contribution is -2.25. The van der Waals surface area contributed by atoms with Crippen LogP contribution in [-0.2, 0) is 16.8 Å². The van der Waals surface area contributed by atoms with Gasteiger partial charge in [-0.3, -0.25) is 0 Å². The van der Waals surface area contributed by atoms with Gasteiger partial charge in [0.2, 0.25) is 0 Å². The number of hydrogen-bond acceptors (Lipinski definition) is 4. The molecule has 0 saturated carbocycles. The van der Waals surface area contributed by atoms with Gasteiger partial charge in [-0.05, 0) is 49.8 Å².